The van der Waals surface area contributed by atoms with Crippen LogP contribution in [-0.2, 0) is 4.79 Å². The van der Waals surface area contributed by atoms with Crippen LogP contribution >= 0.6 is 0 Å². The first-order chi connectivity index (χ1) is 12.5. The Morgan fingerprint density at radius 2 is 1.70 bits per heavy atom. The topological polar surface area (TPSA) is 95.5 Å². The Kier molecular flexibility index (Phi) is 8.63. The maximum atomic E-state index is 12.3. The molecule has 1 atom stereocenters. The van der Waals surface area contributed by atoms with Gasteiger partial charge in [-0.05, 0) is 31.4 Å². The molecule has 0 heterocycles. The molecular formula is C21H32N2O4. The van der Waals surface area contributed by atoms with E-state index >= 15 is 0 Å². The molecule has 1 rings (SSSR count). The number of carbonyl (C=O) groups is 3. The number of hydrogen-bond acceptors (Lipinski definition) is 4. The summed E-state index contributed by atoms with van der Waals surface area (Å²) in [5.41, 5.74) is 0.481. The lowest BCUT2D eigenvalue weighted by Gasteiger charge is -2.17. The Bertz CT molecular complexity index is 662. The van der Waals surface area contributed by atoms with Crippen LogP contribution in [0.25, 0.3) is 0 Å². The van der Waals surface area contributed by atoms with E-state index in [1.54, 1.807) is 24.3 Å². The normalized spacial score (nSPS) is 12.7. The predicted octanol–water partition coefficient (Wildman–Crippen LogP) is 3.27. The van der Waals surface area contributed by atoms with Gasteiger partial charge in [-0.1, -0.05) is 46.8 Å². The van der Waals surface area contributed by atoms with E-state index in [1.165, 1.54) is 0 Å². The van der Waals surface area contributed by atoms with Crippen molar-refractivity contribution in [1.82, 2.24) is 10.6 Å². The molecule has 0 radical (unpaired) electrons. The van der Waals surface area contributed by atoms with Crippen LogP contribution in [0.4, 0.5) is 0 Å². The first-order valence-corrected chi connectivity index (χ1v) is 9.44. The number of carboxylic acid groups (broad SMARTS) is 1. The zero-order valence-corrected chi connectivity index (χ0v) is 17.0. The van der Waals surface area contributed by atoms with Crippen molar-refractivity contribution in [1.29, 1.82) is 0 Å². The first-order valence-electron chi connectivity index (χ1n) is 9.44. The zero-order valence-electron chi connectivity index (χ0n) is 17.0. The van der Waals surface area contributed by atoms with Crippen LogP contribution in [0.15, 0.2) is 24.3 Å². The Morgan fingerprint density at radius 3 is 2.26 bits per heavy atom. The molecule has 0 saturated carbocycles. The third-order valence-electron chi connectivity index (χ3n) is 4.11. The van der Waals surface area contributed by atoms with Gasteiger partial charge in [0.25, 0.3) is 5.91 Å². The largest absolute Gasteiger partial charge is 0.480 e. The monoisotopic (exact) mass is 376 g/mol. The molecule has 0 saturated heterocycles. The van der Waals surface area contributed by atoms with Crippen LogP contribution < -0.4 is 10.6 Å². The number of benzene rings is 1. The summed E-state index contributed by atoms with van der Waals surface area (Å²) in [7, 11) is 0. The summed E-state index contributed by atoms with van der Waals surface area (Å²) in [6, 6.07) is 6.27. The molecule has 1 amide bonds. The van der Waals surface area contributed by atoms with Gasteiger partial charge in [0.2, 0.25) is 0 Å². The number of Topliss-reactive ketones (excluding diaryl/α,β-unsaturated/α-hetero) is 1. The summed E-state index contributed by atoms with van der Waals surface area (Å²) >= 11 is 0. The number of nitrogens with one attached hydrogen (secondary N) is 2. The van der Waals surface area contributed by atoms with Gasteiger partial charge in [-0.25, -0.2) is 0 Å². The van der Waals surface area contributed by atoms with Gasteiger partial charge in [0.15, 0.2) is 5.78 Å². The average molecular weight is 376 g/mol. The van der Waals surface area contributed by atoms with Gasteiger partial charge in [0, 0.05) is 29.1 Å². The average Bonchev–Trinajstić information content (AvgIpc) is 2.58. The van der Waals surface area contributed by atoms with Crippen LogP contribution in [-0.4, -0.2) is 41.4 Å². The highest BCUT2D eigenvalue weighted by atomic mass is 16.4. The van der Waals surface area contributed by atoms with Crippen LogP contribution in [0, 0.1) is 5.41 Å². The van der Waals surface area contributed by atoms with E-state index in [0.29, 0.717) is 36.9 Å². The maximum absolute atomic E-state index is 12.3. The number of unbranched alkanes of at least 4 members (excludes halogenated alkanes) is 1. The number of amides is 1. The molecule has 27 heavy (non-hydrogen) atoms. The number of ketones is 1. The molecule has 6 heteroatoms. The fraction of sp³-hybridized carbons (Fsp3) is 0.571. The quantitative estimate of drug-likeness (QED) is 0.430. The Labute approximate surface area is 161 Å². The summed E-state index contributed by atoms with van der Waals surface area (Å²) in [6.45, 7) is 9.83. The second kappa shape index (κ2) is 10.2. The number of hydrogen-bond donors (Lipinski definition) is 3. The summed E-state index contributed by atoms with van der Waals surface area (Å²) in [5.74, 6) is -1.09. The minimum atomic E-state index is -0.854. The highest BCUT2D eigenvalue weighted by Crippen LogP contribution is 2.21. The second-order valence-electron chi connectivity index (χ2n) is 8.12. The fourth-order valence-electron chi connectivity index (χ4n) is 2.69. The standard InChI is InChI=1S/C21H32N2O4/c1-14(2)23-17(20(26)27)11-6-7-12-22-19(25)16-10-8-9-15(13-16)18(24)21(3,4)5/h8-10,13-14,17,23H,6-7,11-12H2,1-5H3,(H,22,25)(H,26,27). The van der Waals surface area contributed by atoms with Crippen LogP contribution in [0.3, 0.4) is 0 Å². The van der Waals surface area contributed by atoms with Gasteiger partial charge in [-0.15, -0.1) is 0 Å². The number of carboxylic acids is 1. The van der Waals surface area contributed by atoms with E-state index in [9.17, 15) is 19.5 Å². The summed E-state index contributed by atoms with van der Waals surface area (Å²) in [6.07, 6.45) is 1.90. The number of aliphatic carboxylic acids is 1. The van der Waals surface area contributed by atoms with Gasteiger partial charge >= 0.3 is 5.97 Å². The van der Waals surface area contributed by atoms with Gasteiger partial charge in [-0.3, -0.25) is 14.4 Å². The number of rotatable bonds is 10. The van der Waals surface area contributed by atoms with Crippen molar-refractivity contribution >= 4 is 17.7 Å². The molecule has 0 aliphatic rings. The van der Waals surface area contributed by atoms with E-state index in [-0.39, 0.29) is 17.7 Å². The molecule has 1 unspecified atom stereocenters. The van der Waals surface area contributed by atoms with Crippen molar-refractivity contribution in [3.05, 3.63) is 35.4 Å². The van der Waals surface area contributed by atoms with E-state index in [0.717, 1.165) is 0 Å². The second-order valence-corrected chi connectivity index (χ2v) is 8.12. The fourth-order valence-corrected chi connectivity index (χ4v) is 2.69. The van der Waals surface area contributed by atoms with E-state index in [2.05, 4.69) is 10.6 Å². The Morgan fingerprint density at radius 1 is 1.07 bits per heavy atom. The van der Waals surface area contributed by atoms with Crippen molar-refractivity contribution in [3.63, 3.8) is 0 Å². The summed E-state index contributed by atoms with van der Waals surface area (Å²) in [5, 5.41) is 15.0. The maximum Gasteiger partial charge on any atom is 0.320 e. The molecule has 0 aliphatic heterocycles. The third kappa shape index (κ3) is 7.91. The summed E-state index contributed by atoms with van der Waals surface area (Å²) < 4.78 is 0. The minimum absolute atomic E-state index is 0.00508. The lowest BCUT2D eigenvalue weighted by atomic mass is 9.86. The van der Waals surface area contributed by atoms with E-state index < -0.39 is 17.4 Å². The van der Waals surface area contributed by atoms with Crippen LogP contribution in [0.5, 0.6) is 0 Å². The summed E-state index contributed by atoms with van der Waals surface area (Å²) in [4.78, 5) is 35.8. The lowest BCUT2D eigenvalue weighted by Crippen LogP contribution is -2.40. The van der Waals surface area contributed by atoms with Crippen molar-refractivity contribution in [3.8, 4) is 0 Å². The molecule has 0 fully saturated rings. The molecule has 3 N–H and O–H groups in total. The van der Waals surface area contributed by atoms with Crippen molar-refractivity contribution in [2.24, 2.45) is 5.41 Å². The SMILES string of the molecule is CC(C)NC(CCCCNC(=O)c1cccc(C(=O)C(C)(C)C)c1)C(=O)O. The molecule has 1 aromatic rings. The van der Waals surface area contributed by atoms with E-state index in [4.69, 9.17) is 0 Å². The highest BCUT2D eigenvalue weighted by molar-refractivity contribution is 6.02. The van der Waals surface area contributed by atoms with Crippen LogP contribution in [0.1, 0.15) is 74.6 Å². The van der Waals surface area contributed by atoms with Gasteiger partial charge in [0.05, 0.1) is 0 Å². The van der Waals surface area contributed by atoms with Gasteiger partial charge in [-0.2, -0.15) is 0 Å². The molecule has 6 nitrogen and oxygen atoms in total. The molecule has 0 bridgehead atoms. The Hall–Kier alpha value is -2.21. The van der Waals surface area contributed by atoms with E-state index in [1.807, 2.05) is 34.6 Å². The minimum Gasteiger partial charge on any atom is -0.480 e. The zero-order chi connectivity index (χ0) is 20.6. The van der Waals surface area contributed by atoms with Crippen molar-refractivity contribution in [2.45, 2.75) is 66.0 Å². The molecule has 0 spiro atoms. The highest BCUT2D eigenvalue weighted by Gasteiger charge is 2.23. The third-order valence-corrected chi connectivity index (χ3v) is 4.11. The Balaban J connectivity index is 2.49. The molecule has 0 aliphatic carbocycles. The molecule has 1 aromatic carbocycles. The molecule has 150 valence electrons. The predicted molar refractivity (Wildman–Crippen MR) is 106 cm³/mol. The lowest BCUT2D eigenvalue weighted by molar-refractivity contribution is -0.139. The van der Waals surface area contributed by atoms with Gasteiger partial charge < -0.3 is 15.7 Å². The number of carbonyl (C=O) groups excluding carboxylic acids is 2. The van der Waals surface area contributed by atoms with Crippen molar-refractivity contribution in [2.75, 3.05) is 6.54 Å². The first kappa shape index (κ1) is 22.8. The molecular weight excluding hydrogens is 344 g/mol. The van der Waals surface area contributed by atoms with Gasteiger partial charge in [0.1, 0.15) is 6.04 Å². The van der Waals surface area contributed by atoms with Crippen molar-refractivity contribution < 1.29 is 19.5 Å². The smallest absolute Gasteiger partial charge is 0.320 e. The molecule has 0 aromatic heterocycles. The van der Waals surface area contributed by atoms with Crippen LogP contribution in [0.2, 0.25) is 0 Å².